The second kappa shape index (κ2) is 9.81. The molecule has 8 heteroatoms. The van der Waals surface area contributed by atoms with Gasteiger partial charge in [-0.2, -0.15) is 0 Å². The lowest BCUT2D eigenvalue weighted by Gasteiger charge is -2.40. The van der Waals surface area contributed by atoms with Gasteiger partial charge in [0.05, 0.1) is 11.7 Å². The number of hydrogen-bond donors (Lipinski definition) is 0. The van der Waals surface area contributed by atoms with E-state index >= 15 is 0 Å². The van der Waals surface area contributed by atoms with Crippen molar-refractivity contribution in [3.63, 3.8) is 0 Å². The Bertz CT molecular complexity index is 1050. The van der Waals surface area contributed by atoms with Gasteiger partial charge < -0.3 is 9.80 Å². The minimum absolute atomic E-state index is 0.0214. The van der Waals surface area contributed by atoms with E-state index in [-0.39, 0.29) is 24.1 Å². The zero-order chi connectivity index (χ0) is 22.7. The van der Waals surface area contributed by atoms with Gasteiger partial charge in [-0.15, -0.1) is 0 Å². The molecule has 2 heterocycles. The van der Waals surface area contributed by atoms with E-state index in [4.69, 9.17) is 11.6 Å². The lowest BCUT2D eigenvalue weighted by Crippen LogP contribution is -2.53. The van der Waals surface area contributed by atoms with Crippen LogP contribution in [0.5, 0.6) is 0 Å². The van der Waals surface area contributed by atoms with E-state index in [2.05, 4.69) is 11.8 Å². The van der Waals surface area contributed by atoms with Gasteiger partial charge in [-0.05, 0) is 43.0 Å². The first-order chi connectivity index (χ1) is 15.3. The van der Waals surface area contributed by atoms with Gasteiger partial charge in [0, 0.05) is 50.0 Å². The summed E-state index contributed by atoms with van der Waals surface area (Å²) in [4.78, 5) is 17.4. The normalized spacial score (nSPS) is 20.4. The van der Waals surface area contributed by atoms with Crippen molar-refractivity contribution in [2.75, 3.05) is 44.2 Å². The molecule has 2 aliphatic rings. The number of halogens is 1. The smallest absolute Gasteiger partial charge is 0.227 e. The van der Waals surface area contributed by atoms with Crippen molar-refractivity contribution in [1.82, 2.24) is 9.21 Å². The van der Waals surface area contributed by atoms with Crippen LogP contribution in [-0.2, 0) is 20.6 Å². The first-order valence-electron chi connectivity index (χ1n) is 11.1. The summed E-state index contributed by atoms with van der Waals surface area (Å²) in [5.41, 5.74) is 3.05. The SMILES string of the molecule is Cc1ccc(Cl)cc1N1CCN(C(=O)[C@@H]2CCCN(S(=O)(=O)Cc3ccccc3)C2)CC1. The zero-order valence-corrected chi connectivity index (χ0v) is 20.0. The second-order valence-corrected chi connectivity index (χ2v) is 11.1. The second-order valence-electron chi connectivity index (χ2n) is 8.68. The van der Waals surface area contributed by atoms with E-state index < -0.39 is 10.0 Å². The molecular formula is C24H30ClN3O3S. The number of piperazine rings is 1. The molecule has 2 fully saturated rings. The summed E-state index contributed by atoms with van der Waals surface area (Å²) in [6.45, 7) is 5.60. The number of carbonyl (C=O) groups is 1. The summed E-state index contributed by atoms with van der Waals surface area (Å²) in [5, 5.41) is 0.711. The molecule has 0 aromatic heterocycles. The van der Waals surface area contributed by atoms with Gasteiger partial charge in [-0.3, -0.25) is 4.79 Å². The molecule has 2 aliphatic heterocycles. The Morgan fingerprint density at radius 2 is 1.75 bits per heavy atom. The van der Waals surface area contributed by atoms with E-state index in [9.17, 15) is 13.2 Å². The van der Waals surface area contributed by atoms with Crippen LogP contribution in [0.1, 0.15) is 24.0 Å². The molecule has 4 rings (SSSR count). The number of hydrogen-bond acceptors (Lipinski definition) is 4. The Kier molecular flexibility index (Phi) is 7.08. The van der Waals surface area contributed by atoms with Gasteiger partial charge in [0.2, 0.25) is 15.9 Å². The summed E-state index contributed by atoms with van der Waals surface area (Å²) in [6.07, 6.45) is 1.45. The van der Waals surface area contributed by atoms with Crippen LogP contribution >= 0.6 is 11.6 Å². The summed E-state index contributed by atoms with van der Waals surface area (Å²) in [5.74, 6) is -0.215. The Balaban J connectivity index is 1.36. The number of piperidine rings is 1. The van der Waals surface area contributed by atoms with Crippen molar-refractivity contribution in [1.29, 1.82) is 0 Å². The number of rotatable bonds is 5. The number of sulfonamides is 1. The van der Waals surface area contributed by atoms with Crippen LogP contribution in [0.3, 0.4) is 0 Å². The summed E-state index contributed by atoms with van der Waals surface area (Å²) in [6, 6.07) is 15.1. The maximum atomic E-state index is 13.2. The van der Waals surface area contributed by atoms with Crippen LogP contribution < -0.4 is 4.90 Å². The third kappa shape index (κ3) is 5.27. The topological polar surface area (TPSA) is 60.9 Å². The fourth-order valence-corrected chi connectivity index (χ4v) is 6.40. The highest BCUT2D eigenvalue weighted by Crippen LogP contribution is 2.27. The number of nitrogens with zero attached hydrogens (tertiary/aromatic N) is 3. The van der Waals surface area contributed by atoms with Crippen LogP contribution in [0, 0.1) is 12.8 Å². The molecule has 32 heavy (non-hydrogen) atoms. The molecule has 0 saturated carbocycles. The summed E-state index contributed by atoms with van der Waals surface area (Å²) < 4.78 is 27.4. The quantitative estimate of drug-likeness (QED) is 0.663. The van der Waals surface area contributed by atoms with Crippen LogP contribution in [0.25, 0.3) is 0 Å². The van der Waals surface area contributed by atoms with E-state index in [1.54, 1.807) is 0 Å². The minimum Gasteiger partial charge on any atom is -0.368 e. The first kappa shape index (κ1) is 23.1. The predicted octanol–water partition coefficient (Wildman–Crippen LogP) is 3.54. The van der Waals surface area contributed by atoms with Crippen LogP contribution in [-0.4, -0.2) is 62.8 Å². The molecule has 1 atom stereocenters. The Hall–Kier alpha value is -2.09. The number of anilines is 1. The molecule has 2 aromatic carbocycles. The third-order valence-electron chi connectivity index (χ3n) is 6.42. The molecule has 0 bridgehead atoms. The van der Waals surface area contributed by atoms with Gasteiger partial charge in [0.1, 0.15) is 0 Å². The predicted molar refractivity (Wildman–Crippen MR) is 128 cm³/mol. The van der Waals surface area contributed by atoms with Crippen molar-refractivity contribution >= 4 is 33.2 Å². The molecule has 2 saturated heterocycles. The maximum absolute atomic E-state index is 13.2. The van der Waals surface area contributed by atoms with Crippen molar-refractivity contribution in [3.8, 4) is 0 Å². The van der Waals surface area contributed by atoms with Crippen molar-refractivity contribution in [2.45, 2.75) is 25.5 Å². The largest absolute Gasteiger partial charge is 0.368 e. The molecule has 1 amide bonds. The average Bonchev–Trinajstić information content (AvgIpc) is 2.81. The van der Waals surface area contributed by atoms with E-state index in [0.29, 0.717) is 31.1 Å². The van der Waals surface area contributed by atoms with Gasteiger partial charge in [-0.25, -0.2) is 12.7 Å². The fourth-order valence-electron chi connectivity index (χ4n) is 4.62. The summed E-state index contributed by atoms with van der Waals surface area (Å²) in [7, 11) is -3.45. The monoisotopic (exact) mass is 475 g/mol. The molecule has 0 aliphatic carbocycles. The van der Waals surface area contributed by atoms with Crippen LogP contribution in [0.4, 0.5) is 5.69 Å². The fraction of sp³-hybridized carbons (Fsp3) is 0.458. The van der Waals surface area contributed by atoms with Crippen LogP contribution in [0.2, 0.25) is 5.02 Å². The van der Waals surface area contributed by atoms with E-state index in [1.165, 1.54) is 9.87 Å². The van der Waals surface area contributed by atoms with E-state index in [1.807, 2.05) is 53.4 Å². The number of aryl methyl sites for hydroxylation is 1. The Labute approximate surface area is 195 Å². The van der Waals surface area contributed by atoms with Crippen molar-refractivity contribution in [2.24, 2.45) is 5.92 Å². The minimum atomic E-state index is -3.45. The standard InChI is InChI=1S/C24H30ClN3O3S/c1-19-9-10-22(25)16-23(19)26-12-14-27(15-13-26)24(29)21-8-5-11-28(17-21)32(30,31)18-20-6-3-2-4-7-20/h2-4,6-7,9-10,16,21H,5,8,11-15,17-18H2,1H3/t21-/m1/s1. The average molecular weight is 476 g/mol. The number of amides is 1. The highest BCUT2D eigenvalue weighted by atomic mass is 35.5. The molecular weight excluding hydrogens is 446 g/mol. The lowest BCUT2D eigenvalue weighted by molar-refractivity contribution is -0.137. The lowest BCUT2D eigenvalue weighted by atomic mass is 9.97. The molecule has 2 aromatic rings. The molecule has 0 N–H and O–H groups in total. The highest BCUT2D eigenvalue weighted by Gasteiger charge is 2.35. The molecule has 172 valence electrons. The van der Waals surface area contributed by atoms with Gasteiger partial charge >= 0.3 is 0 Å². The highest BCUT2D eigenvalue weighted by molar-refractivity contribution is 7.88. The van der Waals surface area contributed by atoms with Crippen molar-refractivity contribution in [3.05, 3.63) is 64.7 Å². The van der Waals surface area contributed by atoms with Gasteiger partial charge in [0.15, 0.2) is 0 Å². The summed E-state index contributed by atoms with van der Waals surface area (Å²) >= 11 is 6.17. The van der Waals surface area contributed by atoms with Crippen LogP contribution in [0.15, 0.2) is 48.5 Å². The van der Waals surface area contributed by atoms with Crippen molar-refractivity contribution < 1.29 is 13.2 Å². The van der Waals surface area contributed by atoms with Gasteiger partial charge in [-0.1, -0.05) is 48.0 Å². The zero-order valence-electron chi connectivity index (χ0n) is 18.4. The van der Waals surface area contributed by atoms with E-state index in [0.717, 1.165) is 30.8 Å². The first-order valence-corrected chi connectivity index (χ1v) is 13.1. The maximum Gasteiger partial charge on any atom is 0.227 e. The number of carbonyl (C=O) groups excluding carboxylic acids is 1. The number of benzene rings is 2. The molecule has 0 unspecified atom stereocenters. The van der Waals surface area contributed by atoms with Gasteiger partial charge in [0.25, 0.3) is 0 Å². The Morgan fingerprint density at radius 3 is 2.47 bits per heavy atom. The molecule has 6 nitrogen and oxygen atoms in total. The Morgan fingerprint density at radius 1 is 1.03 bits per heavy atom. The molecule has 0 spiro atoms. The third-order valence-corrected chi connectivity index (χ3v) is 8.47. The molecule has 0 radical (unpaired) electrons.